The van der Waals surface area contributed by atoms with Gasteiger partial charge in [0, 0.05) is 0 Å². The van der Waals surface area contributed by atoms with Gasteiger partial charge >= 0.3 is 0 Å². The summed E-state index contributed by atoms with van der Waals surface area (Å²) in [4.78, 5) is 11.1. The van der Waals surface area contributed by atoms with E-state index in [1.807, 2.05) is 42.5 Å². The lowest BCUT2D eigenvalue weighted by Gasteiger charge is -2.20. The molecule has 0 aliphatic rings. The molecule has 4 nitrogen and oxygen atoms in total. The highest BCUT2D eigenvalue weighted by Crippen LogP contribution is 2.21. The zero-order valence-electron chi connectivity index (χ0n) is 10.2. The van der Waals surface area contributed by atoms with Crippen molar-refractivity contribution in [1.29, 1.82) is 0 Å². The highest BCUT2D eigenvalue weighted by atomic mass is 16.5. The van der Waals surface area contributed by atoms with Crippen LogP contribution in [0.3, 0.4) is 0 Å². The van der Waals surface area contributed by atoms with Gasteiger partial charge in [-0.2, -0.15) is 0 Å². The smallest absolute Gasteiger partial charge is 0.240 e. The zero-order valence-corrected chi connectivity index (χ0v) is 10.2. The molecule has 18 heavy (non-hydrogen) atoms. The minimum Gasteiger partial charge on any atom is -0.491 e. The summed E-state index contributed by atoms with van der Waals surface area (Å²) >= 11 is 0. The molecule has 0 radical (unpaired) electrons. The van der Waals surface area contributed by atoms with Crippen molar-refractivity contribution >= 4 is 16.7 Å². The molecule has 2 rings (SSSR count). The summed E-state index contributed by atoms with van der Waals surface area (Å²) in [6.07, 6.45) is 0. The lowest BCUT2D eigenvalue weighted by molar-refractivity contribution is -0.123. The third kappa shape index (κ3) is 2.60. The van der Waals surface area contributed by atoms with Crippen molar-refractivity contribution in [3.63, 3.8) is 0 Å². The van der Waals surface area contributed by atoms with Crippen LogP contribution < -0.4 is 16.2 Å². The maximum Gasteiger partial charge on any atom is 0.240 e. The average molecular weight is 244 g/mol. The van der Waals surface area contributed by atoms with E-state index >= 15 is 0 Å². The molecule has 4 heteroatoms. The minimum absolute atomic E-state index is 0.0562. The molecule has 0 bridgehead atoms. The van der Waals surface area contributed by atoms with E-state index in [-0.39, 0.29) is 6.61 Å². The summed E-state index contributed by atoms with van der Waals surface area (Å²) in [5, 5.41) is 2.21. The Labute approximate surface area is 106 Å². The number of hydrogen-bond acceptors (Lipinski definition) is 3. The molecule has 0 aliphatic carbocycles. The number of ether oxygens (including phenoxy) is 1. The van der Waals surface area contributed by atoms with E-state index in [0.29, 0.717) is 5.75 Å². The maximum atomic E-state index is 11.1. The molecular formula is C14H16N2O2. The van der Waals surface area contributed by atoms with E-state index in [4.69, 9.17) is 16.2 Å². The van der Waals surface area contributed by atoms with Crippen LogP contribution in [0, 0.1) is 0 Å². The number of benzene rings is 2. The molecule has 1 amide bonds. The molecule has 0 heterocycles. The molecule has 1 unspecified atom stereocenters. The number of amides is 1. The molecule has 2 aromatic rings. The highest BCUT2D eigenvalue weighted by molar-refractivity contribution is 5.84. The fourth-order valence-electron chi connectivity index (χ4n) is 1.56. The van der Waals surface area contributed by atoms with Crippen LogP contribution in [0.4, 0.5) is 0 Å². The standard InChI is InChI=1S/C14H16N2O2/c1-14(16,13(15)17)9-18-12-7-6-10-4-2-3-5-11(10)8-12/h2-8H,9,16H2,1H3,(H2,15,17). The largest absolute Gasteiger partial charge is 0.491 e. The minimum atomic E-state index is -1.16. The van der Waals surface area contributed by atoms with Crippen molar-refractivity contribution in [3.8, 4) is 5.75 Å². The number of carbonyl (C=O) groups excluding carboxylic acids is 1. The van der Waals surface area contributed by atoms with E-state index in [1.54, 1.807) is 6.92 Å². The first-order valence-corrected chi connectivity index (χ1v) is 5.69. The lowest BCUT2D eigenvalue weighted by Crippen LogP contribution is -2.53. The molecule has 0 saturated heterocycles. The average Bonchev–Trinajstić information content (AvgIpc) is 2.36. The number of carbonyl (C=O) groups is 1. The van der Waals surface area contributed by atoms with Gasteiger partial charge in [0.25, 0.3) is 0 Å². The predicted molar refractivity (Wildman–Crippen MR) is 71.2 cm³/mol. The molecule has 0 saturated carbocycles. The molecule has 94 valence electrons. The number of hydrogen-bond donors (Lipinski definition) is 2. The molecule has 2 aromatic carbocycles. The first kappa shape index (κ1) is 12.4. The van der Waals surface area contributed by atoms with Crippen LogP contribution in [0.2, 0.25) is 0 Å². The Kier molecular flexibility index (Phi) is 3.21. The van der Waals surface area contributed by atoms with E-state index < -0.39 is 11.4 Å². The summed E-state index contributed by atoms with van der Waals surface area (Å²) in [5.41, 5.74) is 9.74. The van der Waals surface area contributed by atoms with Gasteiger partial charge in [-0.25, -0.2) is 0 Å². The molecule has 0 aliphatic heterocycles. The summed E-state index contributed by atoms with van der Waals surface area (Å²) in [6.45, 7) is 1.61. The van der Waals surface area contributed by atoms with E-state index in [9.17, 15) is 4.79 Å². The SMILES string of the molecule is CC(N)(COc1ccc2ccccc2c1)C(N)=O. The number of nitrogens with two attached hydrogens (primary N) is 2. The molecule has 0 fully saturated rings. The second-order valence-corrected chi connectivity index (χ2v) is 4.58. The van der Waals surface area contributed by atoms with Gasteiger partial charge < -0.3 is 16.2 Å². The highest BCUT2D eigenvalue weighted by Gasteiger charge is 2.26. The summed E-state index contributed by atoms with van der Waals surface area (Å²) < 4.78 is 5.51. The summed E-state index contributed by atoms with van der Waals surface area (Å²) in [5.74, 6) is 0.0925. The quantitative estimate of drug-likeness (QED) is 0.853. The fourth-order valence-corrected chi connectivity index (χ4v) is 1.56. The summed E-state index contributed by atoms with van der Waals surface area (Å²) in [6, 6.07) is 13.7. The van der Waals surface area contributed by atoms with Crippen LogP contribution >= 0.6 is 0 Å². The molecular weight excluding hydrogens is 228 g/mol. The zero-order chi connectivity index (χ0) is 13.2. The van der Waals surface area contributed by atoms with Crippen molar-refractivity contribution in [2.45, 2.75) is 12.5 Å². The molecule has 4 N–H and O–H groups in total. The van der Waals surface area contributed by atoms with Gasteiger partial charge in [0.2, 0.25) is 5.91 Å². The van der Waals surface area contributed by atoms with Crippen molar-refractivity contribution in [1.82, 2.24) is 0 Å². The predicted octanol–water partition coefficient (Wildman–Crippen LogP) is 1.42. The monoisotopic (exact) mass is 244 g/mol. The van der Waals surface area contributed by atoms with Crippen molar-refractivity contribution in [3.05, 3.63) is 42.5 Å². The Bertz CT molecular complexity index is 579. The van der Waals surface area contributed by atoms with Crippen LogP contribution in [0.1, 0.15) is 6.92 Å². The van der Waals surface area contributed by atoms with Gasteiger partial charge in [-0.15, -0.1) is 0 Å². The Morgan fingerprint density at radius 2 is 1.89 bits per heavy atom. The normalized spacial score (nSPS) is 14.1. The maximum absolute atomic E-state index is 11.1. The Morgan fingerprint density at radius 1 is 1.22 bits per heavy atom. The third-order valence-electron chi connectivity index (χ3n) is 2.82. The Balaban J connectivity index is 2.15. The molecule has 1 atom stereocenters. The van der Waals surface area contributed by atoms with Gasteiger partial charge in [-0.05, 0) is 29.8 Å². The van der Waals surface area contributed by atoms with Gasteiger partial charge in [-0.3, -0.25) is 4.79 Å². The van der Waals surface area contributed by atoms with Crippen molar-refractivity contribution < 1.29 is 9.53 Å². The Morgan fingerprint density at radius 3 is 2.56 bits per heavy atom. The van der Waals surface area contributed by atoms with Crippen LogP contribution in [0.15, 0.2) is 42.5 Å². The van der Waals surface area contributed by atoms with Gasteiger partial charge in [0.15, 0.2) is 0 Å². The van der Waals surface area contributed by atoms with E-state index in [2.05, 4.69) is 0 Å². The summed E-state index contributed by atoms with van der Waals surface area (Å²) in [7, 11) is 0. The first-order chi connectivity index (χ1) is 8.49. The Hall–Kier alpha value is -2.07. The van der Waals surface area contributed by atoms with E-state index in [1.165, 1.54) is 0 Å². The van der Waals surface area contributed by atoms with Crippen LogP contribution in [-0.4, -0.2) is 18.1 Å². The van der Waals surface area contributed by atoms with Crippen LogP contribution in [0.25, 0.3) is 10.8 Å². The van der Waals surface area contributed by atoms with Crippen molar-refractivity contribution in [2.75, 3.05) is 6.61 Å². The fraction of sp³-hybridized carbons (Fsp3) is 0.214. The number of primary amides is 1. The van der Waals surface area contributed by atoms with Gasteiger partial charge in [0.1, 0.15) is 17.9 Å². The van der Waals surface area contributed by atoms with Crippen molar-refractivity contribution in [2.24, 2.45) is 11.5 Å². The number of rotatable bonds is 4. The molecule has 0 spiro atoms. The lowest BCUT2D eigenvalue weighted by atomic mass is 10.1. The van der Waals surface area contributed by atoms with Crippen LogP contribution in [-0.2, 0) is 4.79 Å². The third-order valence-corrected chi connectivity index (χ3v) is 2.82. The van der Waals surface area contributed by atoms with Crippen LogP contribution in [0.5, 0.6) is 5.75 Å². The first-order valence-electron chi connectivity index (χ1n) is 5.69. The van der Waals surface area contributed by atoms with E-state index in [0.717, 1.165) is 10.8 Å². The molecule has 0 aromatic heterocycles. The second kappa shape index (κ2) is 4.66. The number of fused-ring (bicyclic) bond motifs is 1. The topological polar surface area (TPSA) is 78.3 Å². The van der Waals surface area contributed by atoms with Gasteiger partial charge in [0.05, 0.1) is 0 Å². The van der Waals surface area contributed by atoms with Gasteiger partial charge in [-0.1, -0.05) is 30.3 Å². The second-order valence-electron chi connectivity index (χ2n) is 4.58.